The summed E-state index contributed by atoms with van der Waals surface area (Å²) in [6.07, 6.45) is 3.65. The SMILES string of the molecule is Cc1nn(Cc2ccc(C(=O)NCc3ccc[nH+]c3)o2)c(C)c1Cl. The van der Waals surface area contributed by atoms with E-state index < -0.39 is 0 Å². The lowest BCUT2D eigenvalue weighted by molar-refractivity contribution is -0.378. The van der Waals surface area contributed by atoms with Crippen molar-refractivity contribution in [3.8, 4) is 0 Å². The Hall–Kier alpha value is -2.60. The van der Waals surface area contributed by atoms with Gasteiger partial charge in [0.05, 0.1) is 23.0 Å². The molecule has 0 aromatic carbocycles. The van der Waals surface area contributed by atoms with E-state index >= 15 is 0 Å². The topological polar surface area (TPSA) is 74.2 Å². The minimum Gasteiger partial charge on any atom is -0.454 e. The zero-order valence-corrected chi connectivity index (χ0v) is 14.2. The average molecular weight is 346 g/mol. The molecule has 0 aliphatic rings. The van der Waals surface area contributed by atoms with Crippen molar-refractivity contribution in [1.29, 1.82) is 0 Å². The lowest BCUT2D eigenvalue weighted by atomic mass is 10.3. The van der Waals surface area contributed by atoms with E-state index in [4.69, 9.17) is 16.0 Å². The maximum atomic E-state index is 12.2. The fourth-order valence-corrected chi connectivity index (χ4v) is 2.51. The number of aryl methyl sites for hydroxylation is 1. The quantitative estimate of drug-likeness (QED) is 0.772. The molecule has 0 aliphatic carbocycles. The van der Waals surface area contributed by atoms with E-state index in [-0.39, 0.29) is 11.7 Å². The van der Waals surface area contributed by atoms with Crippen LogP contribution in [0.2, 0.25) is 5.02 Å². The molecule has 0 saturated heterocycles. The molecule has 3 aromatic heterocycles. The van der Waals surface area contributed by atoms with Gasteiger partial charge in [0.15, 0.2) is 18.2 Å². The third kappa shape index (κ3) is 3.49. The van der Waals surface area contributed by atoms with Crippen LogP contribution in [0.4, 0.5) is 0 Å². The highest BCUT2D eigenvalue weighted by Gasteiger charge is 2.14. The third-order valence-electron chi connectivity index (χ3n) is 3.71. The first kappa shape index (κ1) is 16.3. The summed E-state index contributed by atoms with van der Waals surface area (Å²) in [5, 5.41) is 7.83. The maximum Gasteiger partial charge on any atom is 0.287 e. The molecule has 24 heavy (non-hydrogen) atoms. The zero-order valence-electron chi connectivity index (χ0n) is 13.5. The van der Waals surface area contributed by atoms with Crippen LogP contribution in [0.5, 0.6) is 0 Å². The predicted octanol–water partition coefficient (Wildman–Crippen LogP) is 2.54. The van der Waals surface area contributed by atoms with Gasteiger partial charge in [-0.2, -0.15) is 5.10 Å². The van der Waals surface area contributed by atoms with Crippen molar-refractivity contribution < 1.29 is 14.2 Å². The number of aromatic amines is 1. The van der Waals surface area contributed by atoms with E-state index in [0.29, 0.717) is 23.9 Å². The second kappa shape index (κ2) is 6.88. The number of rotatable bonds is 5. The molecule has 3 heterocycles. The Labute approximate surface area is 144 Å². The van der Waals surface area contributed by atoms with Crippen LogP contribution in [0.15, 0.2) is 41.1 Å². The van der Waals surface area contributed by atoms with E-state index in [0.717, 1.165) is 17.0 Å². The number of carbonyl (C=O) groups is 1. The van der Waals surface area contributed by atoms with Crippen molar-refractivity contribution in [1.82, 2.24) is 15.1 Å². The molecular formula is C17H18ClN4O2+. The second-order valence-corrected chi connectivity index (χ2v) is 5.88. The van der Waals surface area contributed by atoms with Gasteiger partial charge in [0, 0.05) is 18.2 Å². The summed E-state index contributed by atoms with van der Waals surface area (Å²) >= 11 is 6.14. The van der Waals surface area contributed by atoms with Crippen LogP contribution in [-0.2, 0) is 13.1 Å². The number of nitrogens with one attached hydrogen (secondary N) is 2. The van der Waals surface area contributed by atoms with Gasteiger partial charge in [-0.25, -0.2) is 4.98 Å². The van der Waals surface area contributed by atoms with Crippen molar-refractivity contribution in [2.75, 3.05) is 0 Å². The number of furan rings is 1. The first-order valence-electron chi connectivity index (χ1n) is 7.56. The molecule has 0 spiro atoms. The molecule has 0 bridgehead atoms. The first-order valence-corrected chi connectivity index (χ1v) is 7.94. The van der Waals surface area contributed by atoms with E-state index in [9.17, 15) is 4.79 Å². The van der Waals surface area contributed by atoms with Crippen molar-refractivity contribution in [2.45, 2.75) is 26.9 Å². The average Bonchev–Trinajstić information content (AvgIpc) is 3.15. The summed E-state index contributed by atoms with van der Waals surface area (Å²) in [5.41, 5.74) is 2.63. The molecule has 6 nitrogen and oxygen atoms in total. The van der Waals surface area contributed by atoms with Gasteiger partial charge in [-0.3, -0.25) is 9.48 Å². The molecule has 3 rings (SSSR count). The molecule has 0 aliphatic heterocycles. The van der Waals surface area contributed by atoms with Crippen molar-refractivity contribution in [3.05, 3.63) is 70.2 Å². The highest BCUT2D eigenvalue weighted by atomic mass is 35.5. The van der Waals surface area contributed by atoms with E-state index in [1.165, 1.54) is 0 Å². The zero-order chi connectivity index (χ0) is 17.1. The lowest BCUT2D eigenvalue weighted by Crippen LogP contribution is -2.23. The molecule has 0 radical (unpaired) electrons. The number of H-pyrrole nitrogens is 1. The minimum absolute atomic E-state index is 0.253. The first-order chi connectivity index (χ1) is 11.5. The number of nitrogens with zero attached hydrogens (tertiary/aromatic N) is 2. The highest BCUT2D eigenvalue weighted by molar-refractivity contribution is 6.31. The summed E-state index contributed by atoms with van der Waals surface area (Å²) < 4.78 is 7.38. The van der Waals surface area contributed by atoms with Crippen molar-refractivity contribution in [2.24, 2.45) is 0 Å². The number of pyridine rings is 1. The van der Waals surface area contributed by atoms with Gasteiger partial charge in [0.2, 0.25) is 0 Å². The molecular weight excluding hydrogens is 328 g/mol. The summed E-state index contributed by atoms with van der Waals surface area (Å²) in [6.45, 7) is 4.61. The van der Waals surface area contributed by atoms with E-state index in [1.807, 2.05) is 38.4 Å². The van der Waals surface area contributed by atoms with Crippen molar-refractivity contribution >= 4 is 17.5 Å². The molecule has 1 amide bonds. The standard InChI is InChI=1S/C17H17ClN4O2/c1-11-16(18)12(2)22(21-11)10-14-5-6-15(24-14)17(23)20-9-13-4-3-7-19-8-13/h3-8H,9-10H2,1-2H3,(H,20,23)/p+1. The fourth-order valence-electron chi connectivity index (χ4n) is 2.37. The molecule has 0 unspecified atom stereocenters. The molecule has 7 heteroatoms. The molecule has 3 aromatic rings. The Morgan fingerprint density at radius 1 is 1.38 bits per heavy atom. The second-order valence-electron chi connectivity index (χ2n) is 5.50. The third-order valence-corrected chi connectivity index (χ3v) is 4.26. The Morgan fingerprint density at radius 2 is 2.21 bits per heavy atom. The van der Waals surface area contributed by atoms with E-state index in [2.05, 4.69) is 15.4 Å². The largest absolute Gasteiger partial charge is 0.454 e. The van der Waals surface area contributed by atoms with Gasteiger partial charge in [-0.15, -0.1) is 0 Å². The fraction of sp³-hybridized carbons (Fsp3) is 0.235. The number of carbonyl (C=O) groups excluding carboxylic acids is 1. The van der Waals surface area contributed by atoms with Crippen LogP contribution < -0.4 is 10.3 Å². The summed E-state index contributed by atoms with van der Waals surface area (Å²) in [7, 11) is 0. The Balaban J connectivity index is 1.64. The molecule has 0 saturated carbocycles. The van der Waals surface area contributed by atoms with Crippen LogP contribution in [0.25, 0.3) is 0 Å². The van der Waals surface area contributed by atoms with Crippen LogP contribution in [0, 0.1) is 13.8 Å². The number of hydrogen-bond acceptors (Lipinski definition) is 3. The van der Waals surface area contributed by atoms with Gasteiger partial charge in [-0.1, -0.05) is 11.6 Å². The summed E-state index contributed by atoms with van der Waals surface area (Å²) in [4.78, 5) is 15.1. The summed E-state index contributed by atoms with van der Waals surface area (Å²) in [5.74, 6) is 0.671. The number of hydrogen-bond donors (Lipinski definition) is 1. The smallest absolute Gasteiger partial charge is 0.287 e. The van der Waals surface area contributed by atoms with Gasteiger partial charge < -0.3 is 9.73 Å². The molecule has 124 valence electrons. The number of amides is 1. The highest BCUT2D eigenvalue weighted by Crippen LogP contribution is 2.20. The lowest BCUT2D eigenvalue weighted by Gasteiger charge is -2.03. The molecule has 0 fully saturated rings. The minimum atomic E-state index is -0.253. The van der Waals surface area contributed by atoms with Crippen LogP contribution >= 0.6 is 11.6 Å². The van der Waals surface area contributed by atoms with Gasteiger partial charge in [0.1, 0.15) is 5.76 Å². The Kier molecular flexibility index (Phi) is 4.66. The van der Waals surface area contributed by atoms with Crippen molar-refractivity contribution in [3.63, 3.8) is 0 Å². The monoisotopic (exact) mass is 345 g/mol. The van der Waals surface area contributed by atoms with Gasteiger partial charge in [0.25, 0.3) is 5.91 Å². The van der Waals surface area contributed by atoms with E-state index in [1.54, 1.807) is 16.8 Å². The summed E-state index contributed by atoms with van der Waals surface area (Å²) in [6, 6.07) is 7.24. The molecule has 0 atom stereocenters. The Bertz CT molecular complexity index is 855. The van der Waals surface area contributed by atoms with Crippen LogP contribution in [0.3, 0.4) is 0 Å². The van der Waals surface area contributed by atoms with Crippen LogP contribution in [-0.4, -0.2) is 15.7 Å². The number of aromatic nitrogens is 3. The van der Waals surface area contributed by atoms with Crippen LogP contribution in [0.1, 0.15) is 33.3 Å². The Morgan fingerprint density at radius 3 is 2.88 bits per heavy atom. The van der Waals surface area contributed by atoms with Gasteiger partial charge >= 0.3 is 0 Å². The normalized spacial score (nSPS) is 10.8. The predicted molar refractivity (Wildman–Crippen MR) is 88.7 cm³/mol. The molecule has 2 N–H and O–H groups in total. The number of halogens is 1. The maximum absolute atomic E-state index is 12.2. The van der Waals surface area contributed by atoms with Gasteiger partial charge in [-0.05, 0) is 32.0 Å².